The van der Waals surface area contributed by atoms with Crippen molar-refractivity contribution >= 4 is 46.8 Å². The minimum atomic E-state index is -3.65. The number of hydroxylamine groups is 1. The molecule has 1 N–H and O–H groups in total. The van der Waals surface area contributed by atoms with Gasteiger partial charge in [-0.1, -0.05) is 5.92 Å². The van der Waals surface area contributed by atoms with Crippen molar-refractivity contribution in [3.05, 3.63) is 28.8 Å². The van der Waals surface area contributed by atoms with Gasteiger partial charge < -0.3 is 0 Å². The van der Waals surface area contributed by atoms with Crippen LogP contribution in [-0.2, 0) is 25.7 Å². The lowest BCUT2D eigenvalue weighted by Gasteiger charge is -2.25. The molecule has 6 nitrogen and oxygen atoms in total. The first-order chi connectivity index (χ1) is 11.2. The molecule has 1 aromatic carbocycles. The number of amides is 1. The smallest absolute Gasteiger partial charge is 0.264 e. The summed E-state index contributed by atoms with van der Waals surface area (Å²) < 4.78 is 28.0. The Hall–Kier alpha value is -1.52. The summed E-state index contributed by atoms with van der Waals surface area (Å²) in [5.74, 6) is 1.85. The van der Waals surface area contributed by atoms with Crippen molar-refractivity contribution in [2.24, 2.45) is 0 Å². The van der Waals surface area contributed by atoms with Crippen molar-refractivity contribution in [3.63, 3.8) is 0 Å². The van der Waals surface area contributed by atoms with Crippen LogP contribution in [-0.4, -0.2) is 30.3 Å². The van der Waals surface area contributed by atoms with E-state index in [-0.39, 0.29) is 6.42 Å². The Morgan fingerprint density at radius 2 is 2.25 bits per heavy atom. The molecule has 0 fully saturated rings. The molecule has 0 radical (unpaired) electrons. The van der Waals surface area contributed by atoms with Crippen LogP contribution in [0.4, 0.5) is 0 Å². The largest absolute Gasteiger partial charge is 0.271 e. The second-order valence-electron chi connectivity index (χ2n) is 5.49. The van der Waals surface area contributed by atoms with E-state index in [1.165, 1.54) is 18.3 Å². The second kappa shape index (κ2) is 7.16. The van der Waals surface area contributed by atoms with Gasteiger partial charge in [0, 0.05) is 27.7 Å². The number of thiazole rings is 1. The van der Waals surface area contributed by atoms with Gasteiger partial charge in [0.1, 0.15) is 4.75 Å². The molecule has 1 amide bonds. The number of benzene rings is 1. The number of nitrogens with one attached hydrogen (secondary N) is 1. The van der Waals surface area contributed by atoms with E-state index >= 15 is 0 Å². The standard InChI is InChI=1S/C15H17N2O4PS2/c1-4-10-5-6-11-12(9-10)23-13(16-11)7-8-15(2,24(3,19)20)14(18)17-21-22/h1,5-6,9H,7-8,22H2,2-3H3,(H,17,18)/t15-/m1/s1. The maximum absolute atomic E-state index is 12.1. The Morgan fingerprint density at radius 1 is 1.54 bits per heavy atom. The number of aromatic nitrogens is 1. The predicted octanol–water partition coefficient (Wildman–Crippen LogP) is 1.85. The highest BCUT2D eigenvalue weighted by Crippen LogP contribution is 2.28. The lowest BCUT2D eigenvalue weighted by molar-refractivity contribution is -0.129. The first-order valence-electron chi connectivity index (χ1n) is 6.93. The van der Waals surface area contributed by atoms with E-state index in [9.17, 15) is 13.2 Å². The molecule has 1 unspecified atom stereocenters. The van der Waals surface area contributed by atoms with Gasteiger partial charge in [-0.25, -0.2) is 18.9 Å². The third kappa shape index (κ3) is 3.76. The van der Waals surface area contributed by atoms with E-state index in [0.29, 0.717) is 6.42 Å². The van der Waals surface area contributed by atoms with Crippen LogP contribution in [0.2, 0.25) is 0 Å². The third-order valence-electron chi connectivity index (χ3n) is 3.87. The Balaban J connectivity index is 2.26. The summed E-state index contributed by atoms with van der Waals surface area (Å²) in [6, 6.07) is 5.49. The number of aryl methyl sites for hydroxylation is 1. The normalized spacial score (nSPS) is 14.1. The van der Waals surface area contributed by atoms with Crippen LogP contribution < -0.4 is 5.48 Å². The molecule has 0 bridgehead atoms. The molecule has 128 valence electrons. The molecule has 2 rings (SSSR count). The van der Waals surface area contributed by atoms with Gasteiger partial charge in [0.05, 0.1) is 15.2 Å². The van der Waals surface area contributed by atoms with Crippen molar-refractivity contribution in [2.45, 2.75) is 24.5 Å². The average Bonchev–Trinajstić information content (AvgIpc) is 2.93. The number of carbonyl (C=O) groups is 1. The molecule has 2 aromatic rings. The van der Waals surface area contributed by atoms with Gasteiger partial charge in [0.15, 0.2) is 9.84 Å². The molecule has 0 saturated heterocycles. The van der Waals surface area contributed by atoms with Gasteiger partial charge in [-0.2, -0.15) is 0 Å². The van der Waals surface area contributed by atoms with E-state index in [4.69, 9.17) is 6.42 Å². The number of hydrogen-bond acceptors (Lipinski definition) is 6. The minimum absolute atomic E-state index is 0.0908. The van der Waals surface area contributed by atoms with Crippen LogP contribution in [0.3, 0.4) is 0 Å². The summed E-state index contributed by atoms with van der Waals surface area (Å²) in [6.07, 6.45) is 6.85. The lowest BCUT2D eigenvalue weighted by atomic mass is 10.0. The average molecular weight is 384 g/mol. The zero-order chi connectivity index (χ0) is 18.0. The fourth-order valence-corrected chi connectivity index (χ4v) is 4.11. The number of rotatable bonds is 6. The maximum atomic E-state index is 12.1. The Labute approximate surface area is 147 Å². The number of terminal acetylenes is 1. The Kier molecular flexibility index (Phi) is 5.61. The lowest BCUT2D eigenvalue weighted by Crippen LogP contribution is -2.49. The molecule has 0 spiro atoms. The zero-order valence-electron chi connectivity index (χ0n) is 13.2. The number of sulfone groups is 1. The molecular formula is C15H17N2O4PS2. The molecule has 24 heavy (non-hydrogen) atoms. The molecule has 0 saturated carbocycles. The van der Waals surface area contributed by atoms with Crippen molar-refractivity contribution < 1.29 is 17.8 Å². The maximum Gasteiger partial charge on any atom is 0.264 e. The van der Waals surface area contributed by atoms with Crippen LogP contribution in [0.25, 0.3) is 10.2 Å². The van der Waals surface area contributed by atoms with Crippen LogP contribution in [0.5, 0.6) is 0 Å². The third-order valence-corrected chi connectivity index (χ3v) is 7.09. The van der Waals surface area contributed by atoms with Gasteiger partial charge in [-0.15, -0.1) is 17.8 Å². The van der Waals surface area contributed by atoms with Gasteiger partial charge in [-0.05, 0) is 31.5 Å². The molecular weight excluding hydrogens is 367 g/mol. The molecule has 0 aliphatic carbocycles. The van der Waals surface area contributed by atoms with E-state index in [1.807, 2.05) is 21.6 Å². The summed E-state index contributed by atoms with van der Waals surface area (Å²) in [5.41, 5.74) is 3.64. The van der Waals surface area contributed by atoms with Crippen molar-refractivity contribution in [3.8, 4) is 12.3 Å². The fraction of sp³-hybridized carbons (Fsp3) is 0.333. The van der Waals surface area contributed by atoms with E-state index in [2.05, 4.69) is 21.0 Å². The molecule has 1 aromatic heterocycles. The summed E-state index contributed by atoms with van der Waals surface area (Å²) in [6.45, 7) is 1.38. The number of carbonyl (C=O) groups excluding carboxylic acids is 1. The van der Waals surface area contributed by atoms with Crippen molar-refractivity contribution in [1.29, 1.82) is 0 Å². The van der Waals surface area contributed by atoms with Crippen LogP contribution >= 0.6 is 20.8 Å². The summed E-state index contributed by atoms with van der Waals surface area (Å²) in [5, 5.41) is 0.744. The Bertz CT molecular complexity index is 917. The van der Waals surface area contributed by atoms with E-state index in [1.54, 1.807) is 6.07 Å². The highest BCUT2D eigenvalue weighted by atomic mass is 32.2. The summed E-state index contributed by atoms with van der Waals surface area (Å²) in [7, 11) is -1.80. The predicted molar refractivity (Wildman–Crippen MR) is 98.1 cm³/mol. The van der Waals surface area contributed by atoms with Crippen LogP contribution in [0, 0.1) is 12.3 Å². The SMILES string of the molecule is C#Cc1ccc2nc(CC[C@](C)(C(=O)NOP)S(C)(=O)=O)sc2c1. The van der Waals surface area contributed by atoms with Gasteiger partial charge in [-0.3, -0.25) is 9.42 Å². The van der Waals surface area contributed by atoms with Gasteiger partial charge in [0.2, 0.25) is 0 Å². The zero-order valence-corrected chi connectivity index (χ0v) is 16.0. The summed E-state index contributed by atoms with van der Waals surface area (Å²) >= 11 is 1.43. The fourth-order valence-electron chi connectivity index (χ4n) is 2.14. The molecule has 2 atom stereocenters. The number of fused-ring (bicyclic) bond motifs is 1. The van der Waals surface area contributed by atoms with Gasteiger partial charge in [0.25, 0.3) is 5.91 Å². The topological polar surface area (TPSA) is 85.4 Å². The first kappa shape index (κ1) is 18.8. The molecule has 0 aliphatic rings. The van der Waals surface area contributed by atoms with Crippen LogP contribution in [0.15, 0.2) is 18.2 Å². The highest BCUT2D eigenvalue weighted by molar-refractivity contribution is 7.92. The second-order valence-corrected chi connectivity index (χ2v) is 9.28. The molecule has 0 aliphatic heterocycles. The van der Waals surface area contributed by atoms with Crippen LogP contribution in [0.1, 0.15) is 23.9 Å². The van der Waals surface area contributed by atoms with E-state index in [0.717, 1.165) is 27.0 Å². The van der Waals surface area contributed by atoms with E-state index < -0.39 is 20.5 Å². The number of nitrogens with zero attached hydrogens (tertiary/aromatic N) is 1. The monoisotopic (exact) mass is 384 g/mol. The van der Waals surface area contributed by atoms with Crippen molar-refractivity contribution in [2.75, 3.05) is 6.26 Å². The molecule has 1 heterocycles. The highest BCUT2D eigenvalue weighted by Gasteiger charge is 2.43. The quantitative estimate of drug-likeness (QED) is 0.467. The van der Waals surface area contributed by atoms with Crippen molar-refractivity contribution in [1.82, 2.24) is 10.5 Å². The molecule has 9 heteroatoms. The summed E-state index contributed by atoms with van der Waals surface area (Å²) in [4.78, 5) is 16.6. The Morgan fingerprint density at radius 3 is 2.83 bits per heavy atom. The number of hydrogen-bond donors (Lipinski definition) is 1. The van der Waals surface area contributed by atoms with Gasteiger partial charge >= 0.3 is 0 Å². The first-order valence-corrected chi connectivity index (χ1v) is 10.1. The minimum Gasteiger partial charge on any atom is -0.271 e.